The summed E-state index contributed by atoms with van der Waals surface area (Å²) in [6.45, 7) is 4.57. The molecule has 2 N–H and O–H groups in total. The standard InChI is InChI=1S/C16H18N2OS/c1-11-2-5-15(20-11)10-18-16(19)13-4-3-12-6-7-17-9-14(12)8-13/h2-5,8,17H,6-7,9-10H2,1H3,(H,18,19). The zero-order valence-electron chi connectivity index (χ0n) is 11.5. The van der Waals surface area contributed by atoms with Crippen LogP contribution in [-0.2, 0) is 19.5 Å². The van der Waals surface area contributed by atoms with E-state index in [0.717, 1.165) is 25.1 Å². The van der Waals surface area contributed by atoms with Gasteiger partial charge >= 0.3 is 0 Å². The van der Waals surface area contributed by atoms with Crippen molar-refractivity contribution in [3.05, 3.63) is 56.8 Å². The number of benzene rings is 1. The third-order valence-corrected chi connectivity index (χ3v) is 4.57. The summed E-state index contributed by atoms with van der Waals surface area (Å²) in [7, 11) is 0. The number of aryl methyl sites for hydroxylation is 1. The third kappa shape index (κ3) is 2.92. The first-order chi connectivity index (χ1) is 9.72. The Hall–Kier alpha value is -1.65. The lowest BCUT2D eigenvalue weighted by molar-refractivity contribution is 0.0951. The number of rotatable bonds is 3. The molecular weight excluding hydrogens is 268 g/mol. The molecule has 0 bridgehead atoms. The van der Waals surface area contributed by atoms with E-state index < -0.39 is 0 Å². The molecule has 2 aromatic rings. The van der Waals surface area contributed by atoms with Gasteiger partial charge in [-0.1, -0.05) is 6.07 Å². The van der Waals surface area contributed by atoms with Gasteiger partial charge in [0.05, 0.1) is 6.54 Å². The minimum atomic E-state index is 0.00410. The SMILES string of the molecule is Cc1ccc(CNC(=O)c2ccc3c(c2)CNCC3)s1. The molecule has 1 aromatic heterocycles. The first-order valence-corrected chi connectivity index (χ1v) is 7.70. The Balaban J connectivity index is 1.67. The smallest absolute Gasteiger partial charge is 0.251 e. The Bertz CT molecular complexity index is 633. The second-order valence-corrected chi connectivity index (χ2v) is 6.48. The summed E-state index contributed by atoms with van der Waals surface area (Å²) in [4.78, 5) is 14.6. The lowest BCUT2D eigenvalue weighted by Crippen LogP contribution is -2.26. The molecule has 0 saturated heterocycles. The number of amides is 1. The predicted octanol–water partition coefficient (Wildman–Crippen LogP) is 2.63. The Morgan fingerprint density at radius 3 is 3.00 bits per heavy atom. The summed E-state index contributed by atoms with van der Waals surface area (Å²) >= 11 is 1.72. The molecule has 104 valence electrons. The molecule has 0 saturated carbocycles. The van der Waals surface area contributed by atoms with Crippen molar-refractivity contribution in [1.82, 2.24) is 10.6 Å². The van der Waals surface area contributed by atoms with Crippen LogP contribution < -0.4 is 10.6 Å². The van der Waals surface area contributed by atoms with Gasteiger partial charge in [0.2, 0.25) is 0 Å². The third-order valence-electron chi connectivity index (χ3n) is 3.57. The number of hydrogen-bond acceptors (Lipinski definition) is 3. The molecule has 1 aliphatic heterocycles. The van der Waals surface area contributed by atoms with Crippen molar-refractivity contribution in [2.24, 2.45) is 0 Å². The van der Waals surface area contributed by atoms with Crippen LogP contribution in [0.3, 0.4) is 0 Å². The van der Waals surface area contributed by atoms with E-state index in [1.54, 1.807) is 11.3 Å². The number of thiophene rings is 1. The van der Waals surface area contributed by atoms with Crippen LogP contribution in [0.15, 0.2) is 30.3 Å². The molecule has 20 heavy (non-hydrogen) atoms. The van der Waals surface area contributed by atoms with E-state index in [9.17, 15) is 4.79 Å². The number of nitrogens with one attached hydrogen (secondary N) is 2. The number of carbonyl (C=O) groups is 1. The fourth-order valence-corrected chi connectivity index (χ4v) is 3.30. The van der Waals surface area contributed by atoms with E-state index in [-0.39, 0.29) is 5.91 Å². The van der Waals surface area contributed by atoms with Crippen LogP contribution in [0.4, 0.5) is 0 Å². The van der Waals surface area contributed by atoms with Crippen molar-refractivity contribution in [3.63, 3.8) is 0 Å². The lowest BCUT2D eigenvalue weighted by Gasteiger charge is -2.17. The molecule has 0 aliphatic carbocycles. The second-order valence-electron chi connectivity index (χ2n) is 5.11. The quantitative estimate of drug-likeness (QED) is 0.910. The molecule has 1 aliphatic rings. The van der Waals surface area contributed by atoms with Crippen molar-refractivity contribution in [2.75, 3.05) is 6.54 Å². The van der Waals surface area contributed by atoms with Crippen LogP contribution in [0.1, 0.15) is 31.2 Å². The Morgan fingerprint density at radius 2 is 2.20 bits per heavy atom. The average Bonchev–Trinajstić information content (AvgIpc) is 2.90. The van der Waals surface area contributed by atoms with Gasteiger partial charge in [-0.3, -0.25) is 4.79 Å². The van der Waals surface area contributed by atoms with Crippen LogP contribution >= 0.6 is 11.3 Å². The predicted molar refractivity (Wildman–Crippen MR) is 82.1 cm³/mol. The molecule has 0 atom stereocenters. The summed E-state index contributed by atoms with van der Waals surface area (Å²) in [6, 6.07) is 10.2. The maximum atomic E-state index is 12.2. The highest BCUT2D eigenvalue weighted by Gasteiger charge is 2.12. The highest BCUT2D eigenvalue weighted by molar-refractivity contribution is 7.11. The molecular formula is C16H18N2OS. The van der Waals surface area contributed by atoms with Gasteiger partial charge in [0, 0.05) is 21.9 Å². The van der Waals surface area contributed by atoms with Gasteiger partial charge in [-0.2, -0.15) is 0 Å². The molecule has 0 radical (unpaired) electrons. The van der Waals surface area contributed by atoms with E-state index in [2.05, 4.69) is 35.8 Å². The number of fused-ring (bicyclic) bond motifs is 1. The fraction of sp³-hybridized carbons (Fsp3) is 0.312. The number of carbonyl (C=O) groups excluding carboxylic acids is 1. The molecule has 0 fully saturated rings. The Morgan fingerprint density at radius 1 is 1.30 bits per heavy atom. The van der Waals surface area contributed by atoms with Gasteiger partial charge in [-0.15, -0.1) is 11.3 Å². The van der Waals surface area contributed by atoms with Gasteiger partial charge in [-0.25, -0.2) is 0 Å². The van der Waals surface area contributed by atoms with Crippen LogP contribution in [0.2, 0.25) is 0 Å². The molecule has 3 rings (SSSR count). The lowest BCUT2D eigenvalue weighted by atomic mass is 9.98. The van der Waals surface area contributed by atoms with Gasteiger partial charge < -0.3 is 10.6 Å². The Kier molecular flexibility index (Phi) is 3.85. The average molecular weight is 286 g/mol. The van der Waals surface area contributed by atoms with Gasteiger partial charge in [0.15, 0.2) is 0 Å². The summed E-state index contributed by atoms with van der Waals surface area (Å²) in [6.07, 6.45) is 1.05. The molecule has 1 aromatic carbocycles. The molecule has 3 nitrogen and oxygen atoms in total. The second kappa shape index (κ2) is 5.77. The van der Waals surface area contributed by atoms with Crippen molar-refractivity contribution < 1.29 is 4.79 Å². The minimum absolute atomic E-state index is 0.00410. The summed E-state index contributed by atoms with van der Waals surface area (Å²) < 4.78 is 0. The maximum absolute atomic E-state index is 12.2. The molecule has 2 heterocycles. The van der Waals surface area contributed by atoms with E-state index in [4.69, 9.17) is 0 Å². The zero-order valence-corrected chi connectivity index (χ0v) is 12.3. The van der Waals surface area contributed by atoms with Crippen molar-refractivity contribution in [3.8, 4) is 0 Å². The van der Waals surface area contributed by atoms with E-state index >= 15 is 0 Å². The van der Waals surface area contributed by atoms with Crippen molar-refractivity contribution in [2.45, 2.75) is 26.4 Å². The molecule has 0 unspecified atom stereocenters. The maximum Gasteiger partial charge on any atom is 0.251 e. The van der Waals surface area contributed by atoms with Gasteiger partial charge in [-0.05, 0) is 55.3 Å². The Labute approximate surface area is 123 Å². The largest absolute Gasteiger partial charge is 0.347 e. The minimum Gasteiger partial charge on any atom is -0.347 e. The van der Waals surface area contributed by atoms with Crippen molar-refractivity contribution in [1.29, 1.82) is 0 Å². The monoisotopic (exact) mass is 286 g/mol. The van der Waals surface area contributed by atoms with Gasteiger partial charge in [0.25, 0.3) is 5.91 Å². The number of hydrogen-bond donors (Lipinski definition) is 2. The normalized spacial score (nSPS) is 13.8. The van der Waals surface area contributed by atoms with E-state index in [1.807, 2.05) is 12.1 Å². The first-order valence-electron chi connectivity index (χ1n) is 6.88. The van der Waals surface area contributed by atoms with Crippen LogP contribution in [-0.4, -0.2) is 12.5 Å². The van der Waals surface area contributed by atoms with E-state index in [0.29, 0.717) is 6.54 Å². The van der Waals surface area contributed by atoms with Crippen LogP contribution in [0.25, 0.3) is 0 Å². The fourth-order valence-electron chi connectivity index (χ4n) is 2.47. The van der Waals surface area contributed by atoms with Gasteiger partial charge in [0.1, 0.15) is 0 Å². The van der Waals surface area contributed by atoms with Crippen LogP contribution in [0.5, 0.6) is 0 Å². The highest BCUT2D eigenvalue weighted by atomic mass is 32.1. The first kappa shape index (κ1) is 13.3. The van der Waals surface area contributed by atoms with Crippen LogP contribution in [0, 0.1) is 6.92 Å². The zero-order chi connectivity index (χ0) is 13.9. The van der Waals surface area contributed by atoms with Crippen molar-refractivity contribution >= 4 is 17.2 Å². The van der Waals surface area contributed by atoms with E-state index in [1.165, 1.54) is 20.9 Å². The summed E-state index contributed by atoms with van der Waals surface area (Å²) in [5, 5.41) is 6.32. The molecule has 4 heteroatoms. The highest BCUT2D eigenvalue weighted by Crippen LogP contribution is 2.17. The summed E-state index contributed by atoms with van der Waals surface area (Å²) in [5.41, 5.74) is 3.35. The topological polar surface area (TPSA) is 41.1 Å². The molecule has 1 amide bonds. The summed E-state index contributed by atoms with van der Waals surface area (Å²) in [5.74, 6) is 0.00410. The molecule has 0 spiro atoms.